The minimum absolute atomic E-state index is 0.684. The van der Waals surface area contributed by atoms with Gasteiger partial charge in [0, 0.05) is 0 Å². The van der Waals surface area contributed by atoms with E-state index in [1.165, 1.54) is 0 Å². The van der Waals surface area contributed by atoms with Crippen LogP contribution in [-0.2, 0) is 0 Å². The van der Waals surface area contributed by atoms with Crippen LogP contribution in [0.5, 0.6) is 0 Å². The maximum atomic E-state index is 8.91. The minimum atomic E-state index is -2.25. The van der Waals surface area contributed by atoms with Crippen LogP contribution in [0.1, 0.15) is 13.8 Å². The first-order valence-corrected chi connectivity index (χ1v) is 2.59. The predicted molar refractivity (Wildman–Crippen MR) is 30.6 cm³/mol. The molecule has 56 valence electrons. The third-order valence-corrected chi connectivity index (χ3v) is 1.33. The molecule has 0 saturated heterocycles. The standard InChI is InChI=1S/C5H12O4/c1-4(7,3-6)5(2,8)9/h6-9H,3H2,1-2H3. The molecule has 0 rings (SSSR count). The summed E-state index contributed by atoms with van der Waals surface area (Å²) in [5.41, 5.74) is -1.85. The van der Waals surface area contributed by atoms with Crippen LogP contribution < -0.4 is 0 Å². The van der Waals surface area contributed by atoms with Crippen molar-refractivity contribution in [3.8, 4) is 0 Å². The van der Waals surface area contributed by atoms with Gasteiger partial charge >= 0.3 is 0 Å². The van der Waals surface area contributed by atoms with E-state index in [1.807, 2.05) is 0 Å². The molecule has 0 amide bonds. The fourth-order valence-corrected chi connectivity index (χ4v) is 0.150. The smallest absolute Gasteiger partial charge is 0.191 e. The zero-order valence-electron chi connectivity index (χ0n) is 5.50. The molecule has 0 aliphatic heterocycles. The molecule has 4 nitrogen and oxygen atoms in total. The van der Waals surface area contributed by atoms with Gasteiger partial charge < -0.3 is 20.4 Å². The van der Waals surface area contributed by atoms with E-state index in [0.29, 0.717) is 0 Å². The fourth-order valence-electron chi connectivity index (χ4n) is 0.150. The zero-order valence-corrected chi connectivity index (χ0v) is 5.50. The summed E-state index contributed by atoms with van der Waals surface area (Å²) in [7, 11) is 0. The highest BCUT2D eigenvalue weighted by atomic mass is 16.5. The average molecular weight is 136 g/mol. The number of hydrogen-bond acceptors (Lipinski definition) is 4. The highest BCUT2D eigenvalue weighted by Gasteiger charge is 2.39. The van der Waals surface area contributed by atoms with E-state index in [1.54, 1.807) is 0 Å². The molecule has 0 saturated carbocycles. The Bertz CT molecular complexity index is 91.6. The molecule has 1 atom stereocenters. The van der Waals surface area contributed by atoms with Gasteiger partial charge in [0.1, 0.15) is 5.60 Å². The van der Waals surface area contributed by atoms with Gasteiger partial charge in [-0.25, -0.2) is 0 Å². The van der Waals surface area contributed by atoms with Gasteiger partial charge in [0.25, 0.3) is 0 Å². The SMILES string of the molecule is CC(O)(O)C(C)(O)CO. The second-order valence-electron chi connectivity index (χ2n) is 2.45. The molecule has 1 unspecified atom stereocenters. The molecule has 0 bridgehead atoms. The van der Waals surface area contributed by atoms with Crippen LogP contribution in [0.15, 0.2) is 0 Å². The fraction of sp³-hybridized carbons (Fsp3) is 1.00. The van der Waals surface area contributed by atoms with E-state index in [9.17, 15) is 0 Å². The van der Waals surface area contributed by atoms with Crippen LogP contribution >= 0.6 is 0 Å². The van der Waals surface area contributed by atoms with Gasteiger partial charge in [-0.15, -0.1) is 0 Å². The first-order valence-electron chi connectivity index (χ1n) is 2.59. The van der Waals surface area contributed by atoms with Gasteiger partial charge in [-0.3, -0.25) is 0 Å². The first-order chi connectivity index (χ1) is 3.81. The number of aliphatic hydroxyl groups excluding tert-OH is 1. The zero-order chi connectivity index (χ0) is 7.71. The molecule has 9 heavy (non-hydrogen) atoms. The van der Waals surface area contributed by atoms with Crippen molar-refractivity contribution in [2.75, 3.05) is 6.61 Å². The molecule has 0 spiro atoms. The second kappa shape index (κ2) is 2.22. The van der Waals surface area contributed by atoms with Crippen LogP contribution in [0.2, 0.25) is 0 Å². The third-order valence-electron chi connectivity index (χ3n) is 1.33. The van der Waals surface area contributed by atoms with Crippen LogP contribution in [0.4, 0.5) is 0 Å². The third kappa shape index (κ3) is 1.91. The van der Waals surface area contributed by atoms with Gasteiger partial charge in [0.15, 0.2) is 5.79 Å². The molecule has 0 aliphatic rings. The Labute approximate surface area is 53.4 Å². The lowest BCUT2D eigenvalue weighted by molar-refractivity contribution is -0.266. The summed E-state index contributed by atoms with van der Waals surface area (Å²) in [6.45, 7) is 1.45. The Balaban J connectivity index is 4.14. The monoisotopic (exact) mass is 136 g/mol. The average Bonchev–Trinajstić information content (AvgIpc) is 1.64. The van der Waals surface area contributed by atoms with Gasteiger partial charge in [0.2, 0.25) is 0 Å². The Morgan fingerprint density at radius 3 is 1.44 bits per heavy atom. The molecular formula is C5H12O4. The minimum Gasteiger partial charge on any atom is -0.393 e. The van der Waals surface area contributed by atoms with Gasteiger partial charge in [-0.05, 0) is 13.8 Å². The Morgan fingerprint density at radius 2 is 1.44 bits per heavy atom. The molecule has 4 heteroatoms. The maximum absolute atomic E-state index is 8.91. The lowest BCUT2D eigenvalue weighted by Crippen LogP contribution is -2.52. The summed E-state index contributed by atoms with van der Waals surface area (Å²) in [5, 5.41) is 34.7. The van der Waals surface area contributed by atoms with Crippen molar-refractivity contribution in [1.82, 2.24) is 0 Å². The van der Waals surface area contributed by atoms with Crippen LogP contribution in [-0.4, -0.2) is 38.4 Å². The molecule has 0 radical (unpaired) electrons. The lowest BCUT2D eigenvalue weighted by atomic mass is 9.98. The predicted octanol–water partition coefficient (Wildman–Crippen LogP) is -1.57. The quantitative estimate of drug-likeness (QED) is 0.346. The molecular weight excluding hydrogens is 124 g/mol. The topological polar surface area (TPSA) is 80.9 Å². The van der Waals surface area contributed by atoms with Gasteiger partial charge in [-0.1, -0.05) is 0 Å². The number of hydrogen-bond donors (Lipinski definition) is 4. The van der Waals surface area contributed by atoms with Crippen molar-refractivity contribution in [2.45, 2.75) is 25.2 Å². The summed E-state index contributed by atoms with van der Waals surface area (Å²) in [6.07, 6.45) is 0. The molecule has 0 aromatic carbocycles. The van der Waals surface area contributed by atoms with Gasteiger partial charge in [0.05, 0.1) is 6.61 Å². The summed E-state index contributed by atoms with van der Waals surface area (Å²) < 4.78 is 0. The maximum Gasteiger partial charge on any atom is 0.191 e. The van der Waals surface area contributed by atoms with Crippen molar-refractivity contribution in [1.29, 1.82) is 0 Å². The normalized spacial score (nSPS) is 19.3. The molecule has 0 fully saturated rings. The van der Waals surface area contributed by atoms with Gasteiger partial charge in [-0.2, -0.15) is 0 Å². The van der Waals surface area contributed by atoms with E-state index in [2.05, 4.69) is 0 Å². The highest BCUT2D eigenvalue weighted by molar-refractivity contribution is 4.83. The second-order valence-corrected chi connectivity index (χ2v) is 2.45. The van der Waals surface area contributed by atoms with Crippen LogP contribution in [0.3, 0.4) is 0 Å². The van der Waals surface area contributed by atoms with Crippen molar-refractivity contribution >= 4 is 0 Å². The highest BCUT2D eigenvalue weighted by Crippen LogP contribution is 2.16. The summed E-state index contributed by atoms with van der Waals surface area (Å²) in [6, 6.07) is 0. The van der Waals surface area contributed by atoms with Crippen molar-refractivity contribution in [3.63, 3.8) is 0 Å². The molecule has 0 aromatic heterocycles. The first kappa shape index (κ1) is 8.84. The molecule has 0 heterocycles. The Morgan fingerprint density at radius 1 is 1.11 bits per heavy atom. The van der Waals surface area contributed by atoms with Crippen LogP contribution in [0.25, 0.3) is 0 Å². The van der Waals surface area contributed by atoms with E-state index >= 15 is 0 Å². The van der Waals surface area contributed by atoms with Crippen molar-refractivity contribution in [2.24, 2.45) is 0 Å². The molecule has 4 N–H and O–H groups in total. The molecule has 0 aliphatic carbocycles. The van der Waals surface area contributed by atoms with E-state index in [0.717, 1.165) is 13.8 Å². The summed E-state index contributed by atoms with van der Waals surface area (Å²) in [4.78, 5) is 0. The van der Waals surface area contributed by atoms with Crippen LogP contribution in [0, 0.1) is 0 Å². The van der Waals surface area contributed by atoms with E-state index < -0.39 is 18.0 Å². The largest absolute Gasteiger partial charge is 0.393 e. The molecule has 0 aromatic rings. The van der Waals surface area contributed by atoms with E-state index in [-0.39, 0.29) is 0 Å². The number of aliphatic hydroxyl groups is 4. The summed E-state index contributed by atoms with van der Waals surface area (Å²) in [5.74, 6) is -2.25. The number of rotatable bonds is 2. The van der Waals surface area contributed by atoms with Crippen molar-refractivity contribution < 1.29 is 20.4 Å². The Hall–Kier alpha value is -0.160. The van der Waals surface area contributed by atoms with E-state index in [4.69, 9.17) is 20.4 Å². The van der Waals surface area contributed by atoms with Crippen molar-refractivity contribution in [3.05, 3.63) is 0 Å². The Kier molecular flexibility index (Phi) is 2.19. The summed E-state index contributed by atoms with van der Waals surface area (Å²) >= 11 is 0. The lowest BCUT2D eigenvalue weighted by Gasteiger charge is -2.31.